The Morgan fingerprint density at radius 1 is 1.20 bits per heavy atom. The summed E-state index contributed by atoms with van der Waals surface area (Å²) in [7, 11) is 0. The van der Waals surface area contributed by atoms with Crippen LogP contribution in [-0.4, -0.2) is 5.91 Å². The van der Waals surface area contributed by atoms with E-state index in [1.54, 1.807) is 6.07 Å². The van der Waals surface area contributed by atoms with E-state index >= 15 is 0 Å². The average molecular weight is 292 g/mol. The van der Waals surface area contributed by atoms with E-state index in [1.165, 1.54) is 12.1 Å². The molecular formula is C16H15ClFNO. The van der Waals surface area contributed by atoms with Crippen LogP contribution >= 0.6 is 11.6 Å². The summed E-state index contributed by atoms with van der Waals surface area (Å²) in [6, 6.07) is 13.9. The van der Waals surface area contributed by atoms with Crippen molar-refractivity contribution in [3.63, 3.8) is 0 Å². The van der Waals surface area contributed by atoms with Crippen LogP contribution < -0.4 is 5.32 Å². The topological polar surface area (TPSA) is 29.1 Å². The maximum absolute atomic E-state index is 13.6. The molecule has 2 aromatic carbocycles. The summed E-state index contributed by atoms with van der Waals surface area (Å²) < 4.78 is 13.6. The Kier molecular flexibility index (Phi) is 4.74. The van der Waals surface area contributed by atoms with Crippen molar-refractivity contribution in [1.29, 1.82) is 0 Å². The molecule has 0 aliphatic heterocycles. The van der Waals surface area contributed by atoms with Crippen molar-refractivity contribution in [3.05, 3.63) is 70.5 Å². The van der Waals surface area contributed by atoms with Crippen LogP contribution in [0.25, 0.3) is 0 Å². The Labute approximate surface area is 122 Å². The standard InChI is InChI=1S/C16H15ClFNO/c1-11(12-6-3-2-4-7-12)19-16(20)10-13-14(17)8-5-9-15(13)18/h2-9,11H,10H2,1H3,(H,19,20)/t11-/m1/s1. The number of amides is 1. The number of benzene rings is 2. The predicted octanol–water partition coefficient (Wildman–Crippen LogP) is 3.90. The summed E-state index contributed by atoms with van der Waals surface area (Å²) in [6.45, 7) is 1.89. The third-order valence-electron chi connectivity index (χ3n) is 3.08. The lowest BCUT2D eigenvalue weighted by molar-refractivity contribution is -0.121. The predicted molar refractivity (Wildman–Crippen MR) is 78.1 cm³/mol. The number of halogens is 2. The Bertz CT molecular complexity index is 580. The minimum atomic E-state index is -0.458. The molecule has 0 saturated heterocycles. The SMILES string of the molecule is C[C@@H](NC(=O)Cc1c(F)cccc1Cl)c1ccccc1. The minimum absolute atomic E-state index is 0.0668. The molecule has 0 aliphatic rings. The average Bonchev–Trinajstić information content (AvgIpc) is 2.44. The van der Waals surface area contributed by atoms with Crippen LogP contribution in [0, 0.1) is 5.82 Å². The van der Waals surface area contributed by atoms with Gasteiger partial charge < -0.3 is 5.32 Å². The van der Waals surface area contributed by atoms with Gasteiger partial charge in [-0.3, -0.25) is 4.79 Å². The third-order valence-corrected chi connectivity index (χ3v) is 3.43. The van der Waals surface area contributed by atoms with Crippen LogP contribution in [-0.2, 0) is 11.2 Å². The monoisotopic (exact) mass is 291 g/mol. The Morgan fingerprint density at radius 2 is 1.90 bits per heavy atom. The van der Waals surface area contributed by atoms with E-state index in [0.29, 0.717) is 0 Å². The molecule has 0 saturated carbocycles. The highest BCUT2D eigenvalue weighted by atomic mass is 35.5. The lowest BCUT2D eigenvalue weighted by atomic mass is 10.1. The number of carbonyl (C=O) groups is 1. The highest BCUT2D eigenvalue weighted by molar-refractivity contribution is 6.31. The van der Waals surface area contributed by atoms with Gasteiger partial charge in [-0.2, -0.15) is 0 Å². The molecule has 20 heavy (non-hydrogen) atoms. The Balaban J connectivity index is 2.03. The van der Waals surface area contributed by atoms with Crippen molar-refractivity contribution in [2.45, 2.75) is 19.4 Å². The Hall–Kier alpha value is -1.87. The van der Waals surface area contributed by atoms with E-state index < -0.39 is 5.82 Å². The van der Waals surface area contributed by atoms with E-state index in [2.05, 4.69) is 5.32 Å². The normalized spacial score (nSPS) is 11.9. The van der Waals surface area contributed by atoms with Crippen LogP contribution in [0.15, 0.2) is 48.5 Å². The molecule has 0 heterocycles. The van der Waals surface area contributed by atoms with Gasteiger partial charge in [-0.15, -0.1) is 0 Å². The highest BCUT2D eigenvalue weighted by Gasteiger charge is 2.14. The van der Waals surface area contributed by atoms with Gasteiger partial charge in [-0.1, -0.05) is 48.0 Å². The number of carbonyl (C=O) groups excluding carboxylic acids is 1. The van der Waals surface area contributed by atoms with Crippen molar-refractivity contribution in [1.82, 2.24) is 5.32 Å². The van der Waals surface area contributed by atoms with Crippen molar-refractivity contribution >= 4 is 17.5 Å². The van der Waals surface area contributed by atoms with Crippen LogP contribution in [0.3, 0.4) is 0 Å². The van der Waals surface area contributed by atoms with E-state index in [9.17, 15) is 9.18 Å². The van der Waals surface area contributed by atoms with Crippen LogP contribution in [0.2, 0.25) is 5.02 Å². The summed E-state index contributed by atoms with van der Waals surface area (Å²) in [5.41, 5.74) is 1.23. The molecule has 0 aliphatic carbocycles. The maximum atomic E-state index is 13.6. The molecule has 1 N–H and O–H groups in total. The molecule has 1 amide bonds. The summed E-state index contributed by atoms with van der Waals surface area (Å²) in [5, 5.41) is 3.11. The van der Waals surface area contributed by atoms with Gasteiger partial charge in [0.05, 0.1) is 12.5 Å². The van der Waals surface area contributed by atoms with E-state index in [-0.39, 0.29) is 29.0 Å². The molecule has 2 aromatic rings. The second-order valence-electron chi connectivity index (χ2n) is 4.58. The molecule has 0 unspecified atom stereocenters. The quantitative estimate of drug-likeness (QED) is 0.909. The van der Waals surface area contributed by atoms with E-state index in [4.69, 9.17) is 11.6 Å². The molecule has 0 radical (unpaired) electrons. The van der Waals surface area contributed by atoms with Crippen LogP contribution in [0.4, 0.5) is 4.39 Å². The number of hydrogen-bond acceptors (Lipinski definition) is 1. The number of rotatable bonds is 4. The van der Waals surface area contributed by atoms with Gasteiger partial charge in [-0.05, 0) is 24.6 Å². The number of hydrogen-bond donors (Lipinski definition) is 1. The largest absolute Gasteiger partial charge is 0.349 e. The van der Waals surface area contributed by atoms with E-state index in [1.807, 2.05) is 37.3 Å². The molecule has 2 nitrogen and oxygen atoms in total. The second-order valence-corrected chi connectivity index (χ2v) is 4.98. The lowest BCUT2D eigenvalue weighted by Gasteiger charge is -2.14. The van der Waals surface area contributed by atoms with Gasteiger partial charge in [0.1, 0.15) is 5.82 Å². The van der Waals surface area contributed by atoms with Crippen LogP contribution in [0.5, 0.6) is 0 Å². The fraction of sp³-hybridized carbons (Fsp3) is 0.188. The fourth-order valence-corrected chi connectivity index (χ4v) is 2.21. The molecule has 0 bridgehead atoms. The summed E-state index contributed by atoms with van der Waals surface area (Å²) in [4.78, 5) is 12.0. The molecule has 2 rings (SSSR count). The zero-order valence-electron chi connectivity index (χ0n) is 11.1. The van der Waals surface area contributed by atoms with Gasteiger partial charge in [-0.25, -0.2) is 4.39 Å². The van der Waals surface area contributed by atoms with E-state index in [0.717, 1.165) is 5.56 Å². The first-order valence-electron chi connectivity index (χ1n) is 6.35. The zero-order valence-corrected chi connectivity index (χ0v) is 11.8. The summed E-state index contributed by atoms with van der Waals surface area (Å²) in [6.07, 6.45) is -0.0668. The Morgan fingerprint density at radius 3 is 2.55 bits per heavy atom. The fourth-order valence-electron chi connectivity index (χ4n) is 1.98. The van der Waals surface area contributed by atoms with Gasteiger partial charge in [0, 0.05) is 10.6 Å². The second kappa shape index (κ2) is 6.53. The van der Waals surface area contributed by atoms with Gasteiger partial charge in [0.2, 0.25) is 5.91 Å². The zero-order chi connectivity index (χ0) is 14.5. The molecule has 0 fully saturated rings. The van der Waals surface area contributed by atoms with Crippen molar-refractivity contribution in [2.24, 2.45) is 0 Å². The lowest BCUT2D eigenvalue weighted by Crippen LogP contribution is -2.28. The van der Waals surface area contributed by atoms with Crippen LogP contribution in [0.1, 0.15) is 24.1 Å². The van der Waals surface area contributed by atoms with Crippen molar-refractivity contribution in [3.8, 4) is 0 Å². The highest BCUT2D eigenvalue weighted by Crippen LogP contribution is 2.20. The molecule has 4 heteroatoms. The molecule has 104 valence electrons. The van der Waals surface area contributed by atoms with Crippen molar-refractivity contribution in [2.75, 3.05) is 0 Å². The third kappa shape index (κ3) is 3.58. The maximum Gasteiger partial charge on any atom is 0.225 e. The van der Waals surface area contributed by atoms with Gasteiger partial charge >= 0.3 is 0 Å². The first kappa shape index (κ1) is 14.5. The molecule has 1 atom stereocenters. The first-order chi connectivity index (χ1) is 9.58. The summed E-state index contributed by atoms with van der Waals surface area (Å²) >= 11 is 5.91. The first-order valence-corrected chi connectivity index (χ1v) is 6.73. The molecule has 0 aromatic heterocycles. The molecule has 0 spiro atoms. The molecular weight excluding hydrogens is 277 g/mol. The minimum Gasteiger partial charge on any atom is -0.349 e. The smallest absolute Gasteiger partial charge is 0.225 e. The number of nitrogens with one attached hydrogen (secondary N) is 1. The van der Waals surface area contributed by atoms with Crippen molar-refractivity contribution < 1.29 is 9.18 Å². The van der Waals surface area contributed by atoms with Gasteiger partial charge in [0.15, 0.2) is 0 Å². The van der Waals surface area contributed by atoms with Gasteiger partial charge in [0.25, 0.3) is 0 Å². The summed E-state index contributed by atoms with van der Waals surface area (Å²) in [5.74, 6) is -0.714.